The summed E-state index contributed by atoms with van der Waals surface area (Å²) in [5, 5.41) is 0. The third-order valence-electron chi connectivity index (χ3n) is 6.23. The minimum atomic E-state index is 0.197. The molecular formula is C29H31BrN2O. The zero-order valence-electron chi connectivity index (χ0n) is 19.1. The molecule has 0 saturated carbocycles. The van der Waals surface area contributed by atoms with Crippen molar-refractivity contribution in [3.05, 3.63) is 94.2 Å². The summed E-state index contributed by atoms with van der Waals surface area (Å²) < 4.78 is 1.15. The van der Waals surface area contributed by atoms with Gasteiger partial charge in [-0.1, -0.05) is 59.5 Å². The van der Waals surface area contributed by atoms with E-state index in [4.69, 9.17) is 0 Å². The molecule has 0 spiro atoms. The number of carbonyl (C=O) groups is 1. The molecule has 1 aliphatic rings. The number of hydrogen-bond donors (Lipinski definition) is 0. The topological polar surface area (TPSA) is 33.2 Å². The highest BCUT2D eigenvalue weighted by atomic mass is 79.9. The van der Waals surface area contributed by atoms with Crippen LogP contribution >= 0.6 is 15.9 Å². The first-order chi connectivity index (χ1) is 16.2. The minimum Gasteiger partial charge on any atom is -0.341 e. The summed E-state index contributed by atoms with van der Waals surface area (Å²) in [5.74, 6) is 0.197. The maximum absolute atomic E-state index is 12.1. The predicted octanol–water partition coefficient (Wildman–Crippen LogP) is 7.70. The number of allylic oxidation sites excluding steroid dienone is 1. The van der Waals surface area contributed by atoms with E-state index in [1.165, 1.54) is 35.3 Å². The lowest BCUT2D eigenvalue weighted by Gasteiger charge is -2.27. The summed E-state index contributed by atoms with van der Waals surface area (Å²) in [4.78, 5) is 18.7. The summed E-state index contributed by atoms with van der Waals surface area (Å²) >= 11 is 3.64. The number of carbonyl (C=O) groups excluding carboxylic acids is 1. The third kappa shape index (κ3) is 6.64. The first-order valence-electron chi connectivity index (χ1n) is 12.0. The molecule has 0 unspecified atom stereocenters. The Morgan fingerprint density at radius 3 is 2.58 bits per heavy atom. The molecule has 0 saturated heterocycles. The van der Waals surface area contributed by atoms with Crippen LogP contribution in [0.25, 0.3) is 6.08 Å². The lowest BCUT2D eigenvalue weighted by Crippen LogP contribution is -2.19. The van der Waals surface area contributed by atoms with Gasteiger partial charge < -0.3 is 4.90 Å². The number of pyridine rings is 1. The van der Waals surface area contributed by atoms with Crippen molar-refractivity contribution >= 4 is 39.2 Å². The van der Waals surface area contributed by atoms with E-state index in [0.717, 1.165) is 48.7 Å². The van der Waals surface area contributed by atoms with Crippen molar-refractivity contribution in [2.75, 3.05) is 11.4 Å². The van der Waals surface area contributed by atoms with Crippen LogP contribution in [0.4, 0.5) is 11.4 Å². The van der Waals surface area contributed by atoms with Gasteiger partial charge in [0, 0.05) is 41.2 Å². The molecule has 3 aromatic rings. The molecule has 4 heteroatoms. The Balaban J connectivity index is 1.24. The van der Waals surface area contributed by atoms with Crippen LogP contribution in [-0.2, 0) is 17.6 Å². The number of rotatable bonds is 10. The maximum atomic E-state index is 12.1. The van der Waals surface area contributed by atoms with Crippen LogP contribution in [0.1, 0.15) is 55.2 Å². The molecule has 0 amide bonds. The molecular weight excluding hydrogens is 472 g/mol. The number of ketones is 1. The Hall–Kier alpha value is -2.72. The molecule has 1 aromatic heterocycles. The smallest absolute Gasteiger partial charge is 0.155 e. The van der Waals surface area contributed by atoms with E-state index >= 15 is 0 Å². The fourth-order valence-electron chi connectivity index (χ4n) is 4.49. The number of hydrogen-bond acceptors (Lipinski definition) is 3. The van der Waals surface area contributed by atoms with E-state index < -0.39 is 0 Å². The van der Waals surface area contributed by atoms with Gasteiger partial charge in [-0.25, -0.2) is 0 Å². The van der Waals surface area contributed by atoms with Gasteiger partial charge in [-0.2, -0.15) is 0 Å². The van der Waals surface area contributed by atoms with Crippen LogP contribution in [-0.4, -0.2) is 17.3 Å². The van der Waals surface area contributed by atoms with Crippen LogP contribution < -0.4 is 4.90 Å². The van der Waals surface area contributed by atoms with Gasteiger partial charge in [-0.15, -0.1) is 0 Å². The van der Waals surface area contributed by atoms with E-state index in [9.17, 15) is 4.79 Å². The first kappa shape index (κ1) is 23.4. The molecule has 0 bridgehead atoms. The standard InChI is InChI=1S/C29H31BrN2O/c30-26-16-18-29-25(21-26)15-14-24-10-5-6-12-28(24)32(29)20-7-3-1-2-4-11-27(33)17-13-23-9-8-19-31-22-23/h5-6,8-10,12-13,16-19,21-22H,1-4,7,11,14-15,20H2/b17-13+. The van der Waals surface area contributed by atoms with Crippen LogP contribution in [0.2, 0.25) is 0 Å². The van der Waals surface area contributed by atoms with E-state index in [0.29, 0.717) is 6.42 Å². The molecule has 0 fully saturated rings. The van der Waals surface area contributed by atoms with Gasteiger partial charge in [0.25, 0.3) is 0 Å². The van der Waals surface area contributed by atoms with Crippen molar-refractivity contribution in [1.82, 2.24) is 4.98 Å². The summed E-state index contributed by atoms with van der Waals surface area (Å²) in [6, 6.07) is 19.3. The average molecular weight is 503 g/mol. The summed E-state index contributed by atoms with van der Waals surface area (Å²) in [6.07, 6.45) is 15.4. The molecule has 2 heterocycles. The van der Waals surface area contributed by atoms with Crippen molar-refractivity contribution in [3.63, 3.8) is 0 Å². The zero-order chi connectivity index (χ0) is 22.9. The monoisotopic (exact) mass is 502 g/mol. The SMILES string of the molecule is O=C(/C=C/c1cccnc1)CCCCCCCN1c2ccccc2CCc2cc(Br)ccc21. The van der Waals surface area contributed by atoms with Crippen LogP contribution in [0, 0.1) is 0 Å². The van der Waals surface area contributed by atoms with Crippen molar-refractivity contribution in [3.8, 4) is 0 Å². The lowest BCUT2D eigenvalue weighted by atomic mass is 10.0. The minimum absolute atomic E-state index is 0.197. The molecule has 4 rings (SSSR count). The number of nitrogens with zero attached hydrogens (tertiary/aromatic N) is 2. The predicted molar refractivity (Wildman–Crippen MR) is 141 cm³/mol. The van der Waals surface area contributed by atoms with Gasteiger partial charge in [0.2, 0.25) is 0 Å². The number of aryl methyl sites for hydroxylation is 2. The molecule has 0 N–H and O–H groups in total. The largest absolute Gasteiger partial charge is 0.341 e. The van der Waals surface area contributed by atoms with Crippen LogP contribution in [0.3, 0.4) is 0 Å². The Morgan fingerprint density at radius 2 is 1.70 bits per heavy atom. The number of halogens is 1. The van der Waals surface area contributed by atoms with Crippen molar-refractivity contribution in [2.24, 2.45) is 0 Å². The lowest BCUT2D eigenvalue weighted by molar-refractivity contribution is -0.114. The van der Waals surface area contributed by atoms with Gasteiger partial charge in [0.1, 0.15) is 0 Å². The highest BCUT2D eigenvalue weighted by Gasteiger charge is 2.20. The molecule has 2 aromatic carbocycles. The second-order valence-electron chi connectivity index (χ2n) is 8.66. The van der Waals surface area contributed by atoms with Gasteiger partial charge in [-0.3, -0.25) is 9.78 Å². The fraction of sp³-hybridized carbons (Fsp3) is 0.310. The molecule has 33 heavy (non-hydrogen) atoms. The van der Waals surface area contributed by atoms with Crippen molar-refractivity contribution in [1.29, 1.82) is 0 Å². The Bertz CT molecular complexity index is 1090. The summed E-state index contributed by atoms with van der Waals surface area (Å²) in [5.41, 5.74) is 6.51. The fourth-order valence-corrected chi connectivity index (χ4v) is 4.90. The molecule has 0 atom stereocenters. The van der Waals surface area contributed by atoms with Gasteiger partial charge in [0.15, 0.2) is 5.78 Å². The number of aromatic nitrogens is 1. The van der Waals surface area contributed by atoms with Gasteiger partial charge in [-0.05, 0) is 84.9 Å². The highest BCUT2D eigenvalue weighted by molar-refractivity contribution is 9.10. The molecule has 0 aliphatic carbocycles. The van der Waals surface area contributed by atoms with Crippen molar-refractivity contribution < 1.29 is 4.79 Å². The second kappa shape index (κ2) is 11.9. The normalized spacial score (nSPS) is 12.9. The quantitative estimate of drug-likeness (QED) is 0.210. The Labute approximate surface area is 205 Å². The summed E-state index contributed by atoms with van der Waals surface area (Å²) in [6.45, 7) is 1.03. The average Bonchev–Trinajstić information content (AvgIpc) is 2.99. The molecule has 170 valence electrons. The number of unbranched alkanes of at least 4 members (excludes halogenated alkanes) is 4. The number of para-hydroxylation sites is 1. The van der Waals surface area contributed by atoms with Gasteiger partial charge >= 0.3 is 0 Å². The third-order valence-corrected chi connectivity index (χ3v) is 6.72. The Morgan fingerprint density at radius 1 is 0.909 bits per heavy atom. The highest BCUT2D eigenvalue weighted by Crippen LogP contribution is 2.37. The molecule has 1 aliphatic heterocycles. The maximum Gasteiger partial charge on any atom is 0.155 e. The van der Waals surface area contributed by atoms with Crippen molar-refractivity contribution in [2.45, 2.75) is 51.4 Å². The van der Waals surface area contributed by atoms with Crippen LogP contribution in [0.5, 0.6) is 0 Å². The number of anilines is 2. The Kier molecular flexibility index (Phi) is 8.48. The molecule has 3 nitrogen and oxygen atoms in total. The van der Waals surface area contributed by atoms with E-state index in [-0.39, 0.29) is 5.78 Å². The van der Waals surface area contributed by atoms with E-state index in [2.05, 4.69) is 68.3 Å². The zero-order valence-corrected chi connectivity index (χ0v) is 20.6. The number of benzene rings is 2. The number of fused-ring (bicyclic) bond motifs is 2. The molecule has 0 radical (unpaired) electrons. The van der Waals surface area contributed by atoms with E-state index in [1.54, 1.807) is 18.5 Å². The van der Waals surface area contributed by atoms with Crippen LogP contribution in [0.15, 0.2) is 77.5 Å². The van der Waals surface area contributed by atoms with Gasteiger partial charge in [0.05, 0.1) is 0 Å². The summed E-state index contributed by atoms with van der Waals surface area (Å²) in [7, 11) is 0. The first-order valence-corrected chi connectivity index (χ1v) is 12.7. The van der Waals surface area contributed by atoms with E-state index in [1.807, 2.05) is 18.2 Å². The second-order valence-corrected chi connectivity index (χ2v) is 9.57.